The molecule has 6 nitrogen and oxygen atoms in total. The summed E-state index contributed by atoms with van der Waals surface area (Å²) >= 11 is 5.92. The summed E-state index contributed by atoms with van der Waals surface area (Å²) in [4.78, 5) is 25.0. The molecule has 3 aromatic rings. The Labute approximate surface area is 160 Å². The van der Waals surface area contributed by atoms with Crippen molar-refractivity contribution < 1.29 is 22.4 Å². The van der Waals surface area contributed by atoms with Gasteiger partial charge in [0.25, 0.3) is 0 Å². The number of hydrogen-bond acceptors (Lipinski definition) is 4. The first-order valence-corrected chi connectivity index (χ1v) is 8.60. The average Bonchev–Trinajstić information content (AvgIpc) is 3.17. The summed E-state index contributed by atoms with van der Waals surface area (Å²) in [6.07, 6.45) is -3.32. The van der Waals surface area contributed by atoms with Gasteiger partial charge in [0.15, 0.2) is 0 Å². The minimum Gasteiger partial charge on any atom is -0.456 e. The second-order valence-electron chi connectivity index (χ2n) is 6.29. The fourth-order valence-electron chi connectivity index (χ4n) is 3.27. The van der Waals surface area contributed by atoms with E-state index >= 15 is 0 Å². The van der Waals surface area contributed by atoms with Crippen LogP contribution >= 0.6 is 11.6 Å². The smallest absolute Gasteiger partial charge is 0.440 e. The number of benzene rings is 2. The summed E-state index contributed by atoms with van der Waals surface area (Å²) in [6.45, 7) is 0. The van der Waals surface area contributed by atoms with E-state index in [0.717, 1.165) is 34.1 Å². The number of nitrogens with one attached hydrogen (secondary N) is 1. The van der Waals surface area contributed by atoms with Crippen molar-refractivity contribution in [2.24, 2.45) is 0 Å². The third kappa shape index (κ3) is 3.33. The number of aromatic nitrogens is 2. The van der Waals surface area contributed by atoms with Gasteiger partial charge in [-0.1, -0.05) is 17.7 Å². The topological polar surface area (TPSA) is 77.2 Å². The van der Waals surface area contributed by atoms with Gasteiger partial charge in [0.05, 0.1) is 16.6 Å². The average molecular weight is 413 g/mol. The third-order valence-electron chi connectivity index (χ3n) is 4.52. The Kier molecular flexibility index (Phi) is 4.34. The van der Waals surface area contributed by atoms with Gasteiger partial charge in [0.2, 0.25) is 0 Å². The zero-order valence-electron chi connectivity index (χ0n) is 14.0. The predicted octanol–water partition coefficient (Wildman–Crippen LogP) is 4.13. The fraction of sp³-hybridized carbons (Fsp3) is 0.222. The van der Waals surface area contributed by atoms with Crippen LogP contribution in [0.2, 0.25) is 5.02 Å². The molecule has 0 fully saturated rings. The quantitative estimate of drug-likeness (QED) is 0.701. The lowest BCUT2D eigenvalue weighted by Gasteiger charge is -2.13. The van der Waals surface area contributed by atoms with Gasteiger partial charge in [-0.25, -0.2) is 14.6 Å². The Hall–Kier alpha value is -2.94. The van der Waals surface area contributed by atoms with Gasteiger partial charge in [-0.2, -0.15) is 13.2 Å². The van der Waals surface area contributed by atoms with Crippen LogP contribution in [-0.4, -0.2) is 9.72 Å². The number of hydrogen-bond donors (Lipinski definition) is 1. The molecule has 1 aliphatic rings. The lowest BCUT2D eigenvalue weighted by Crippen LogP contribution is -2.21. The van der Waals surface area contributed by atoms with E-state index in [-0.39, 0.29) is 10.8 Å². The van der Waals surface area contributed by atoms with Crippen LogP contribution in [0, 0.1) is 0 Å². The molecule has 0 amide bonds. The molecule has 10 heteroatoms. The van der Waals surface area contributed by atoms with Crippen LogP contribution in [0.4, 0.5) is 13.2 Å². The molecule has 1 unspecified atom stereocenters. The van der Waals surface area contributed by atoms with Crippen molar-refractivity contribution in [1.82, 2.24) is 9.72 Å². The fourth-order valence-corrected chi connectivity index (χ4v) is 3.49. The Balaban J connectivity index is 1.60. The monoisotopic (exact) mass is 412 g/mol. The number of H-pyrrole nitrogens is 1. The Morgan fingerprint density at radius 3 is 2.61 bits per heavy atom. The molecule has 0 bridgehead atoms. The van der Waals surface area contributed by atoms with Gasteiger partial charge in [0, 0.05) is 0 Å². The maximum absolute atomic E-state index is 12.7. The Bertz CT molecular complexity index is 1160. The molecule has 1 N–H and O–H groups in total. The van der Waals surface area contributed by atoms with E-state index in [1.807, 2.05) is 4.98 Å². The number of aromatic amines is 1. The lowest BCUT2D eigenvalue weighted by molar-refractivity contribution is -0.137. The Morgan fingerprint density at radius 1 is 1.18 bits per heavy atom. The van der Waals surface area contributed by atoms with Crippen molar-refractivity contribution in [3.05, 3.63) is 79.1 Å². The summed E-state index contributed by atoms with van der Waals surface area (Å²) in [7, 11) is 0. The first-order chi connectivity index (χ1) is 13.2. The Morgan fingerprint density at radius 2 is 1.96 bits per heavy atom. The summed E-state index contributed by atoms with van der Waals surface area (Å²) < 4.78 is 49.7. The summed E-state index contributed by atoms with van der Waals surface area (Å²) in [5.74, 6) is -0.337. The molecule has 4 rings (SSSR count). The van der Waals surface area contributed by atoms with Crippen molar-refractivity contribution in [3.63, 3.8) is 0 Å². The molecule has 0 saturated carbocycles. The van der Waals surface area contributed by atoms with Crippen LogP contribution in [0.15, 0.2) is 50.5 Å². The number of rotatable bonds is 3. The summed E-state index contributed by atoms with van der Waals surface area (Å²) in [5.41, 5.74) is 0.191. The highest BCUT2D eigenvalue weighted by atomic mass is 35.5. The van der Waals surface area contributed by atoms with E-state index in [9.17, 15) is 22.8 Å². The second kappa shape index (κ2) is 6.59. The third-order valence-corrected chi connectivity index (χ3v) is 4.82. The maximum atomic E-state index is 12.7. The van der Waals surface area contributed by atoms with Gasteiger partial charge in [-0.05, 0) is 54.3 Å². The highest BCUT2D eigenvalue weighted by Gasteiger charge is 2.31. The minimum atomic E-state index is -4.49. The van der Waals surface area contributed by atoms with Crippen LogP contribution in [0.25, 0.3) is 0 Å². The minimum absolute atomic E-state index is 0.0945. The van der Waals surface area contributed by atoms with Crippen LogP contribution in [-0.2, 0) is 12.6 Å². The van der Waals surface area contributed by atoms with E-state index in [0.29, 0.717) is 18.6 Å². The summed E-state index contributed by atoms with van der Waals surface area (Å²) in [5, 5.41) is -0.158. The highest BCUT2D eigenvalue weighted by molar-refractivity contribution is 6.32. The SMILES string of the molecule is O=c1[nH]c(=O)n(C2CCc3cc(Oc4ccc(C(F)(F)F)cc4Cl)ccc32)o1. The number of nitrogens with zero attached hydrogens (tertiary/aromatic N) is 1. The normalized spacial score (nSPS) is 16.2. The molecule has 0 saturated heterocycles. The van der Waals surface area contributed by atoms with Crippen molar-refractivity contribution in [2.75, 3.05) is 0 Å². The first kappa shape index (κ1) is 18.4. The number of alkyl halides is 3. The van der Waals surface area contributed by atoms with Crippen LogP contribution in [0.3, 0.4) is 0 Å². The van der Waals surface area contributed by atoms with E-state index in [1.165, 1.54) is 0 Å². The molecular formula is C18H12ClF3N2O4. The second-order valence-corrected chi connectivity index (χ2v) is 6.70. The van der Waals surface area contributed by atoms with Crippen molar-refractivity contribution >= 4 is 11.6 Å². The van der Waals surface area contributed by atoms with Crippen molar-refractivity contribution in [2.45, 2.75) is 25.1 Å². The molecule has 1 aliphatic carbocycles. The van der Waals surface area contributed by atoms with Crippen molar-refractivity contribution in [1.29, 1.82) is 0 Å². The van der Waals surface area contributed by atoms with Gasteiger partial charge >= 0.3 is 17.6 Å². The molecular weight excluding hydrogens is 401 g/mol. The van der Waals surface area contributed by atoms with Crippen molar-refractivity contribution in [3.8, 4) is 11.5 Å². The predicted molar refractivity (Wildman–Crippen MR) is 93.0 cm³/mol. The molecule has 0 spiro atoms. The molecule has 0 radical (unpaired) electrons. The van der Waals surface area contributed by atoms with Gasteiger partial charge in [-0.15, -0.1) is 4.74 Å². The molecule has 0 aliphatic heterocycles. The molecule has 28 heavy (non-hydrogen) atoms. The van der Waals surface area contributed by atoms with Gasteiger partial charge in [-0.3, -0.25) is 0 Å². The lowest BCUT2D eigenvalue weighted by atomic mass is 10.1. The zero-order valence-corrected chi connectivity index (χ0v) is 14.8. The van der Waals surface area contributed by atoms with E-state index in [1.54, 1.807) is 18.2 Å². The zero-order chi connectivity index (χ0) is 20.1. The molecule has 1 heterocycles. The highest BCUT2D eigenvalue weighted by Crippen LogP contribution is 2.39. The maximum Gasteiger partial charge on any atom is 0.440 e. The molecule has 146 valence electrons. The van der Waals surface area contributed by atoms with E-state index < -0.39 is 29.2 Å². The van der Waals surface area contributed by atoms with Gasteiger partial charge in [0.1, 0.15) is 11.5 Å². The molecule has 1 atom stereocenters. The van der Waals surface area contributed by atoms with E-state index in [4.69, 9.17) is 20.9 Å². The first-order valence-electron chi connectivity index (χ1n) is 8.22. The number of fused-ring (bicyclic) bond motifs is 1. The largest absolute Gasteiger partial charge is 0.456 e. The van der Waals surface area contributed by atoms with Crippen LogP contribution in [0.1, 0.15) is 29.2 Å². The van der Waals surface area contributed by atoms with Gasteiger partial charge < -0.3 is 9.26 Å². The van der Waals surface area contributed by atoms with E-state index in [2.05, 4.69) is 0 Å². The summed E-state index contributed by atoms with van der Waals surface area (Å²) in [6, 6.07) is 7.51. The standard InChI is InChI=1S/C18H12ClF3N2O4/c19-13-8-10(18(20,21)22)2-6-15(13)27-11-3-4-12-9(7-11)1-5-14(12)24-16(25)23-17(26)28-24/h2-4,6-8,14H,1,5H2,(H,23,25,26). The van der Waals surface area contributed by atoms with Crippen LogP contribution in [0.5, 0.6) is 11.5 Å². The molecule has 1 aromatic heterocycles. The van der Waals surface area contributed by atoms with Crippen LogP contribution < -0.4 is 16.2 Å². The number of aryl methyl sites for hydroxylation is 1. The number of ether oxygens (including phenoxy) is 1. The molecule has 2 aromatic carbocycles. The number of halogens is 4.